The first-order valence-electron chi connectivity index (χ1n) is 12.8. The number of ether oxygens (including phenoxy) is 1. The lowest BCUT2D eigenvalue weighted by Gasteiger charge is -2.34. The van der Waals surface area contributed by atoms with Gasteiger partial charge in [-0.15, -0.1) is 0 Å². The summed E-state index contributed by atoms with van der Waals surface area (Å²) in [6, 6.07) is 21.8. The number of amides is 2. The number of hydrogen-bond acceptors (Lipinski definition) is 3. The first-order chi connectivity index (χ1) is 17.9. The zero-order valence-electron chi connectivity index (χ0n) is 22.6. The number of nitrogens with zero attached hydrogens (tertiary/aromatic N) is 1. The van der Waals surface area contributed by atoms with Crippen LogP contribution >= 0.6 is 23.2 Å². The quantitative estimate of drug-likeness (QED) is 0.292. The Morgan fingerprint density at radius 3 is 2.18 bits per heavy atom. The van der Waals surface area contributed by atoms with Crippen molar-refractivity contribution in [1.29, 1.82) is 0 Å². The molecule has 0 heterocycles. The van der Waals surface area contributed by atoms with Crippen molar-refractivity contribution in [2.75, 3.05) is 6.61 Å². The molecule has 3 rings (SSSR count). The minimum atomic E-state index is -0.775. The maximum absolute atomic E-state index is 13.8. The SMILES string of the molecule is CC(C)c1ccccc1OCC(=O)N(Cc1ccc(Cl)c(Cl)c1)[C@H](Cc1ccccc1)C(=O)NC(C)(C)C. The topological polar surface area (TPSA) is 58.6 Å². The molecule has 1 atom stereocenters. The Balaban J connectivity index is 1.97. The van der Waals surface area contributed by atoms with Crippen LogP contribution in [0.4, 0.5) is 0 Å². The molecule has 2 amide bonds. The van der Waals surface area contributed by atoms with E-state index in [1.807, 2.05) is 81.4 Å². The fourth-order valence-electron chi connectivity index (χ4n) is 4.15. The molecule has 3 aromatic carbocycles. The van der Waals surface area contributed by atoms with Crippen LogP contribution in [0.1, 0.15) is 57.2 Å². The van der Waals surface area contributed by atoms with Gasteiger partial charge in [-0.1, -0.05) is 91.6 Å². The molecule has 1 N–H and O–H groups in total. The Morgan fingerprint density at radius 2 is 1.55 bits per heavy atom. The number of carbonyl (C=O) groups is 2. The average Bonchev–Trinajstić information content (AvgIpc) is 2.86. The number of nitrogens with one attached hydrogen (secondary N) is 1. The molecule has 0 aliphatic carbocycles. The average molecular weight is 556 g/mol. The molecule has 0 saturated heterocycles. The number of para-hydroxylation sites is 1. The highest BCUT2D eigenvalue weighted by molar-refractivity contribution is 6.42. The molecule has 0 aromatic heterocycles. The smallest absolute Gasteiger partial charge is 0.261 e. The van der Waals surface area contributed by atoms with Crippen LogP contribution in [0.25, 0.3) is 0 Å². The molecule has 0 aliphatic heterocycles. The molecule has 202 valence electrons. The van der Waals surface area contributed by atoms with Gasteiger partial charge in [0.2, 0.25) is 5.91 Å². The Bertz CT molecular complexity index is 1240. The van der Waals surface area contributed by atoms with Gasteiger partial charge >= 0.3 is 0 Å². The first-order valence-corrected chi connectivity index (χ1v) is 13.5. The van der Waals surface area contributed by atoms with E-state index in [-0.39, 0.29) is 30.9 Å². The molecular weight excluding hydrogens is 519 g/mol. The summed E-state index contributed by atoms with van der Waals surface area (Å²) < 4.78 is 6.03. The number of carbonyl (C=O) groups excluding carboxylic acids is 2. The van der Waals surface area contributed by atoms with Gasteiger partial charge in [-0.05, 0) is 61.6 Å². The molecule has 0 radical (unpaired) electrons. The molecular formula is C31H36Cl2N2O3. The monoisotopic (exact) mass is 554 g/mol. The summed E-state index contributed by atoms with van der Waals surface area (Å²) in [4.78, 5) is 29.0. The van der Waals surface area contributed by atoms with Gasteiger partial charge in [-0.2, -0.15) is 0 Å². The van der Waals surface area contributed by atoms with Crippen molar-refractivity contribution in [3.63, 3.8) is 0 Å². The summed E-state index contributed by atoms with van der Waals surface area (Å²) >= 11 is 12.4. The predicted octanol–water partition coefficient (Wildman–Crippen LogP) is 7.05. The third-order valence-corrected chi connectivity index (χ3v) is 6.74. The highest BCUT2D eigenvalue weighted by atomic mass is 35.5. The van der Waals surface area contributed by atoms with Crippen LogP contribution in [0, 0.1) is 0 Å². The molecule has 5 nitrogen and oxygen atoms in total. The third kappa shape index (κ3) is 8.50. The van der Waals surface area contributed by atoms with E-state index in [2.05, 4.69) is 19.2 Å². The van der Waals surface area contributed by atoms with Gasteiger partial charge in [0.25, 0.3) is 5.91 Å². The predicted molar refractivity (Wildman–Crippen MR) is 155 cm³/mol. The van der Waals surface area contributed by atoms with Gasteiger partial charge in [-0.25, -0.2) is 0 Å². The van der Waals surface area contributed by atoms with Crippen molar-refractivity contribution in [2.24, 2.45) is 0 Å². The Kier molecular flexibility index (Phi) is 10.2. The molecule has 0 saturated carbocycles. The Morgan fingerprint density at radius 1 is 0.895 bits per heavy atom. The zero-order valence-corrected chi connectivity index (χ0v) is 24.1. The van der Waals surface area contributed by atoms with Gasteiger partial charge in [0.1, 0.15) is 11.8 Å². The highest BCUT2D eigenvalue weighted by Gasteiger charge is 2.32. The Hall–Kier alpha value is -3.02. The minimum absolute atomic E-state index is 0.167. The molecule has 7 heteroatoms. The summed E-state index contributed by atoms with van der Waals surface area (Å²) in [5.74, 6) is 0.345. The number of hydrogen-bond donors (Lipinski definition) is 1. The zero-order chi connectivity index (χ0) is 27.9. The van der Waals surface area contributed by atoms with Crippen LogP contribution < -0.4 is 10.1 Å². The summed E-state index contributed by atoms with van der Waals surface area (Å²) in [6.45, 7) is 9.87. The van der Waals surface area contributed by atoms with Gasteiger partial charge in [0.15, 0.2) is 6.61 Å². The van der Waals surface area contributed by atoms with Crippen molar-refractivity contribution in [3.05, 3.63) is 99.5 Å². The first kappa shape index (κ1) is 29.5. The van der Waals surface area contributed by atoms with E-state index in [0.29, 0.717) is 22.2 Å². The minimum Gasteiger partial charge on any atom is -0.483 e. The van der Waals surface area contributed by atoms with Crippen LogP contribution in [-0.4, -0.2) is 34.9 Å². The van der Waals surface area contributed by atoms with Gasteiger partial charge in [0, 0.05) is 18.5 Å². The molecule has 38 heavy (non-hydrogen) atoms. The fraction of sp³-hybridized carbons (Fsp3) is 0.355. The lowest BCUT2D eigenvalue weighted by Crippen LogP contribution is -2.55. The molecule has 0 spiro atoms. The number of halogens is 2. The van der Waals surface area contributed by atoms with Crippen LogP contribution in [0.5, 0.6) is 5.75 Å². The molecule has 0 unspecified atom stereocenters. The maximum Gasteiger partial charge on any atom is 0.261 e. The van der Waals surface area contributed by atoms with Crippen LogP contribution in [0.15, 0.2) is 72.8 Å². The van der Waals surface area contributed by atoms with Crippen molar-refractivity contribution < 1.29 is 14.3 Å². The summed E-state index contributed by atoms with van der Waals surface area (Å²) in [6.07, 6.45) is 0.346. The highest BCUT2D eigenvalue weighted by Crippen LogP contribution is 2.27. The van der Waals surface area contributed by atoms with E-state index in [1.54, 1.807) is 17.0 Å². The van der Waals surface area contributed by atoms with E-state index in [0.717, 1.165) is 16.7 Å². The van der Waals surface area contributed by atoms with E-state index < -0.39 is 11.6 Å². The van der Waals surface area contributed by atoms with Crippen molar-refractivity contribution in [1.82, 2.24) is 10.2 Å². The van der Waals surface area contributed by atoms with Crippen molar-refractivity contribution in [2.45, 2.75) is 65.1 Å². The van der Waals surface area contributed by atoms with Crippen LogP contribution in [0.3, 0.4) is 0 Å². The fourth-order valence-corrected chi connectivity index (χ4v) is 4.47. The van der Waals surface area contributed by atoms with E-state index in [1.165, 1.54) is 0 Å². The van der Waals surface area contributed by atoms with Gasteiger partial charge in [-0.3, -0.25) is 9.59 Å². The molecule has 0 aliphatic rings. The molecule has 3 aromatic rings. The number of benzene rings is 3. The summed E-state index contributed by atoms with van der Waals surface area (Å²) in [5.41, 5.74) is 2.25. The normalized spacial score (nSPS) is 12.2. The van der Waals surface area contributed by atoms with Crippen molar-refractivity contribution in [3.8, 4) is 5.75 Å². The lowest BCUT2D eigenvalue weighted by molar-refractivity contribution is -0.143. The standard InChI is InChI=1S/C31H36Cl2N2O3/c1-21(2)24-13-9-10-14-28(24)38-20-29(36)35(19-23-15-16-25(32)26(33)17-23)27(30(37)34-31(3,4)5)18-22-11-7-6-8-12-22/h6-17,21,27H,18-20H2,1-5H3,(H,34,37)/t27-/m1/s1. The maximum atomic E-state index is 13.8. The summed E-state index contributed by atoms with van der Waals surface area (Å²) in [5, 5.41) is 3.87. The van der Waals surface area contributed by atoms with Crippen LogP contribution in [-0.2, 0) is 22.6 Å². The largest absolute Gasteiger partial charge is 0.483 e. The molecule has 0 bridgehead atoms. The number of rotatable bonds is 10. The lowest BCUT2D eigenvalue weighted by atomic mass is 10.0. The Labute approximate surface area is 236 Å². The van der Waals surface area contributed by atoms with Gasteiger partial charge in [0.05, 0.1) is 10.0 Å². The third-order valence-electron chi connectivity index (χ3n) is 6.00. The van der Waals surface area contributed by atoms with Gasteiger partial charge < -0.3 is 15.0 Å². The second-order valence-corrected chi connectivity index (χ2v) is 11.5. The summed E-state index contributed by atoms with van der Waals surface area (Å²) in [7, 11) is 0. The van der Waals surface area contributed by atoms with E-state index in [4.69, 9.17) is 27.9 Å². The van der Waals surface area contributed by atoms with E-state index in [9.17, 15) is 9.59 Å². The second-order valence-electron chi connectivity index (χ2n) is 10.7. The molecule has 0 fully saturated rings. The van der Waals surface area contributed by atoms with Crippen molar-refractivity contribution >= 4 is 35.0 Å². The van der Waals surface area contributed by atoms with Crippen LogP contribution in [0.2, 0.25) is 10.0 Å². The van der Waals surface area contributed by atoms with E-state index >= 15 is 0 Å². The second kappa shape index (κ2) is 13.2.